The van der Waals surface area contributed by atoms with E-state index in [2.05, 4.69) is 10.5 Å². The second-order valence-electron chi connectivity index (χ2n) is 5.29. The number of hydrogen-bond donors (Lipinski definition) is 3. The minimum atomic E-state index is -0.572. The number of hydrazone groups is 1. The predicted molar refractivity (Wildman–Crippen MR) is 98.5 cm³/mol. The van der Waals surface area contributed by atoms with E-state index in [0.29, 0.717) is 22.9 Å². The van der Waals surface area contributed by atoms with E-state index < -0.39 is 11.8 Å². The molecule has 0 radical (unpaired) electrons. The molecule has 0 aliphatic heterocycles. The monoisotopic (exact) mass is 375 g/mol. The first-order valence-electron chi connectivity index (χ1n) is 7.77. The fourth-order valence-corrected chi connectivity index (χ4v) is 2.29. The third-order valence-electron chi connectivity index (χ3n) is 3.40. The fraction of sp³-hybridized carbons (Fsp3) is 0.167. The van der Waals surface area contributed by atoms with Crippen molar-refractivity contribution in [2.45, 2.75) is 13.3 Å². The maximum Gasteiger partial charge on any atom is 0.275 e. The Morgan fingerprint density at radius 1 is 1.23 bits per heavy atom. The number of phenolic OH excluding ortho intramolecular Hbond substituents is 1. The number of ether oxygens (including phenoxy) is 1. The highest BCUT2D eigenvalue weighted by atomic mass is 35.5. The molecule has 0 heterocycles. The number of aromatic hydroxyl groups is 1. The quantitative estimate of drug-likeness (QED) is 0.509. The highest BCUT2D eigenvalue weighted by molar-refractivity contribution is 6.31. The van der Waals surface area contributed by atoms with E-state index in [9.17, 15) is 14.7 Å². The number of halogens is 1. The number of carbonyl (C=O) groups is 2. The molecule has 7 nitrogen and oxygen atoms in total. The number of nitrogens with one attached hydrogen (secondary N) is 1. The van der Waals surface area contributed by atoms with E-state index in [0.717, 1.165) is 5.56 Å². The van der Waals surface area contributed by atoms with Gasteiger partial charge in [0, 0.05) is 5.02 Å². The van der Waals surface area contributed by atoms with Gasteiger partial charge in [0.15, 0.2) is 6.61 Å². The Bertz CT molecular complexity index is 835. The molecule has 4 N–H and O–H groups in total. The number of hydrogen-bond acceptors (Lipinski definition) is 5. The van der Waals surface area contributed by atoms with Crippen LogP contribution in [0, 0.1) is 0 Å². The molecule has 2 amide bonds. The molecule has 0 unspecified atom stereocenters. The number of primary amides is 1. The zero-order valence-corrected chi connectivity index (χ0v) is 14.8. The summed E-state index contributed by atoms with van der Waals surface area (Å²) in [5.74, 6) is -0.818. The van der Waals surface area contributed by atoms with Gasteiger partial charge in [-0.1, -0.05) is 18.5 Å². The zero-order chi connectivity index (χ0) is 19.1. The summed E-state index contributed by atoms with van der Waals surface area (Å²) >= 11 is 5.84. The van der Waals surface area contributed by atoms with Crippen molar-refractivity contribution in [1.82, 2.24) is 5.43 Å². The summed E-state index contributed by atoms with van der Waals surface area (Å²) in [7, 11) is 0. The maximum absolute atomic E-state index is 12.2. The largest absolute Gasteiger partial charge is 0.507 e. The Hall–Kier alpha value is -3.06. The van der Waals surface area contributed by atoms with Crippen LogP contribution in [0.4, 0.5) is 0 Å². The molecule has 0 aromatic heterocycles. The van der Waals surface area contributed by atoms with Crippen molar-refractivity contribution in [3.05, 3.63) is 58.6 Å². The van der Waals surface area contributed by atoms with Gasteiger partial charge in [0.05, 0.1) is 11.3 Å². The summed E-state index contributed by atoms with van der Waals surface area (Å²) in [4.78, 5) is 22.9. The summed E-state index contributed by atoms with van der Waals surface area (Å²) in [6.45, 7) is 1.69. The lowest BCUT2D eigenvalue weighted by Gasteiger charge is -2.08. The molecule has 26 heavy (non-hydrogen) atoms. The molecule has 0 bridgehead atoms. The second kappa shape index (κ2) is 8.87. The molecule has 0 spiro atoms. The number of amides is 2. The van der Waals surface area contributed by atoms with E-state index in [-0.39, 0.29) is 17.9 Å². The van der Waals surface area contributed by atoms with Crippen LogP contribution in [-0.4, -0.2) is 29.2 Å². The third kappa shape index (κ3) is 5.22. The summed E-state index contributed by atoms with van der Waals surface area (Å²) in [5, 5.41) is 14.2. The predicted octanol–water partition coefficient (Wildman–Crippen LogP) is 2.45. The van der Waals surface area contributed by atoms with E-state index in [1.807, 2.05) is 6.92 Å². The van der Waals surface area contributed by atoms with Crippen LogP contribution in [-0.2, 0) is 4.79 Å². The first kappa shape index (κ1) is 19.3. The fourth-order valence-electron chi connectivity index (χ4n) is 2.11. The number of carbonyl (C=O) groups excluding carboxylic acids is 2. The number of rotatable bonds is 7. The van der Waals surface area contributed by atoms with Crippen molar-refractivity contribution < 1.29 is 19.4 Å². The van der Waals surface area contributed by atoms with Gasteiger partial charge in [0.25, 0.3) is 11.8 Å². The molecule has 0 atom stereocenters. The van der Waals surface area contributed by atoms with Gasteiger partial charge in [0.1, 0.15) is 11.5 Å². The number of phenols is 1. The summed E-state index contributed by atoms with van der Waals surface area (Å²) < 4.78 is 5.19. The molecule has 0 fully saturated rings. The van der Waals surface area contributed by atoms with Crippen LogP contribution in [0.3, 0.4) is 0 Å². The lowest BCUT2D eigenvalue weighted by molar-refractivity contribution is -0.119. The maximum atomic E-state index is 12.2. The van der Waals surface area contributed by atoms with Gasteiger partial charge in [0.2, 0.25) is 0 Å². The van der Waals surface area contributed by atoms with Crippen LogP contribution < -0.4 is 15.9 Å². The summed E-state index contributed by atoms with van der Waals surface area (Å²) in [6, 6.07) is 11.0. The van der Waals surface area contributed by atoms with Crippen LogP contribution >= 0.6 is 11.6 Å². The second-order valence-corrected chi connectivity index (χ2v) is 5.73. The molecule has 8 heteroatoms. The van der Waals surface area contributed by atoms with Crippen molar-refractivity contribution >= 4 is 29.1 Å². The molecule has 0 saturated heterocycles. The van der Waals surface area contributed by atoms with Crippen molar-refractivity contribution in [2.24, 2.45) is 10.8 Å². The molecular formula is C18H18ClN3O4. The Kier molecular flexibility index (Phi) is 6.57. The molecule has 2 aromatic carbocycles. The van der Waals surface area contributed by atoms with Gasteiger partial charge >= 0.3 is 0 Å². The van der Waals surface area contributed by atoms with Gasteiger partial charge in [-0.3, -0.25) is 9.59 Å². The van der Waals surface area contributed by atoms with Crippen molar-refractivity contribution in [3.8, 4) is 11.5 Å². The van der Waals surface area contributed by atoms with Gasteiger partial charge in [-0.15, -0.1) is 0 Å². The first-order chi connectivity index (χ1) is 12.4. The third-order valence-corrected chi connectivity index (χ3v) is 3.63. The van der Waals surface area contributed by atoms with Gasteiger partial charge in [-0.25, -0.2) is 5.43 Å². The van der Waals surface area contributed by atoms with Crippen molar-refractivity contribution in [2.75, 3.05) is 6.61 Å². The Labute approximate surface area is 155 Å². The average molecular weight is 376 g/mol. The van der Waals surface area contributed by atoms with Gasteiger partial charge in [-0.2, -0.15) is 5.10 Å². The number of nitrogens with two attached hydrogens (primary N) is 1. The van der Waals surface area contributed by atoms with E-state index in [1.54, 1.807) is 24.3 Å². The minimum Gasteiger partial charge on any atom is -0.507 e. The lowest BCUT2D eigenvalue weighted by Crippen LogP contribution is -2.20. The van der Waals surface area contributed by atoms with Gasteiger partial charge < -0.3 is 15.6 Å². The average Bonchev–Trinajstić information content (AvgIpc) is 2.63. The molecule has 0 saturated carbocycles. The minimum absolute atomic E-state index is 0.0342. The van der Waals surface area contributed by atoms with E-state index >= 15 is 0 Å². The molecule has 0 aliphatic carbocycles. The van der Waals surface area contributed by atoms with E-state index in [4.69, 9.17) is 22.1 Å². The van der Waals surface area contributed by atoms with Crippen LogP contribution in [0.5, 0.6) is 11.5 Å². The van der Waals surface area contributed by atoms with Gasteiger partial charge in [-0.05, 0) is 54.4 Å². The normalized spacial score (nSPS) is 11.1. The number of benzene rings is 2. The summed E-state index contributed by atoms with van der Waals surface area (Å²) in [6.07, 6.45) is 0.559. The SMILES string of the molecule is CC/C(=N\NC(=O)c1cc(Cl)ccc1O)c1ccc(OCC(N)=O)cc1. The zero-order valence-electron chi connectivity index (χ0n) is 14.0. The van der Waals surface area contributed by atoms with Crippen molar-refractivity contribution in [1.29, 1.82) is 0 Å². The standard InChI is InChI=1S/C18H18ClN3O4/c1-2-15(11-3-6-13(7-4-11)26-10-17(20)24)21-22-18(25)14-9-12(19)5-8-16(14)23/h3-9,23H,2,10H2,1H3,(H2,20,24)(H,22,25)/b21-15+. The molecule has 2 rings (SSSR count). The van der Waals surface area contributed by atoms with Crippen LogP contribution in [0.2, 0.25) is 5.02 Å². The highest BCUT2D eigenvalue weighted by Gasteiger charge is 2.12. The van der Waals surface area contributed by atoms with E-state index in [1.165, 1.54) is 18.2 Å². The molecule has 136 valence electrons. The molecule has 2 aromatic rings. The first-order valence-corrected chi connectivity index (χ1v) is 8.15. The Balaban J connectivity index is 2.11. The summed E-state index contributed by atoms with van der Waals surface area (Å²) in [5.41, 5.74) is 8.87. The Morgan fingerprint density at radius 3 is 2.54 bits per heavy atom. The van der Waals surface area contributed by atoms with Crippen LogP contribution in [0.1, 0.15) is 29.3 Å². The molecule has 0 aliphatic rings. The number of nitrogens with zero attached hydrogens (tertiary/aromatic N) is 1. The smallest absolute Gasteiger partial charge is 0.275 e. The van der Waals surface area contributed by atoms with Crippen molar-refractivity contribution in [3.63, 3.8) is 0 Å². The van der Waals surface area contributed by atoms with Crippen LogP contribution in [0.25, 0.3) is 0 Å². The topological polar surface area (TPSA) is 114 Å². The lowest BCUT2D eigenvalue weighted by atomic mass is 10.1. The molecular weight excluding hydrogens is 358 g/mol. The highest BCUT2D eigenvalue weighted by Crippen LogP contribution is 2.21. The van der Waals surface area contributed by atoms with Crippen LogP contribution in [0.15, 0.2) is 47.6 Å². The Morgan fingerprint density at radius 2 is 1.92 bits per heavy atom.